The van der Waals surface area contributed by atoms with Gasteiger partial charge in [0.25, 0.3) is 5.91 Å². The highest BCUT2D eigenvalue weighted by Crippen LogP contribution is 2.31. The number of rotatable bonds is 7. The zero-order chi connectivity index (χ0) is 21.7. The zero-order valence-corrected chi connectivity index (χ0v) is 15.8. The number of nitrogens with zero attached hydrogens (tertiary/aromatic N) is 2. The van der Waals surface area contributed by atoms with Gasteiger partial charge in [-0.15, -0.1) is 0 Å². The van der Waals surface area contributed by atoms with Crippen molar-refractivity contribution < 1.29 is 27.6 Å². The quantitative estimate of drug-likeness (QED) is 0.531. The van der Waals surface area contributed by atoms with Crippen molar-refractivity contribution in [3.8, 4) is 0 Å². The van der Waals surface area contributed by atoms with Gasteiger partial charge in [0.2, 0.25) is 11.8 Å². The van der Waals surface area contributed by atoms with E-state index in [2.05, 4.69) is 15.6 Å². The maximum atomic E-state index is 12.9. The summed E-state index contributed by atoms with van der Waals surface area (Å²) in [6.45, 7) is 0.439. The van der Waals surface area contributed by atoms with Gasteiger partial charge in [-0.3, -0.25) is 19.3 Å². The van der Waals surface area contributed by atoms with Crippen molar-refractivity contribution in [2.24, 2.45) is 0 Å². The summed E-state index contributed by atoms with van der Waals surface area (Å²) in [4.78, 5) is 40.9. The normalized spacial score (nSPS) is 14.2. The van der Waals surface area contributed by atoms with E-state index in [1.165, 1.54) is 35.4 Å². The maximum Gasteiger partial charge on any atom is 0.416 e. The smallest absolute Gasteiger partial charge is 0.352 e. The number of carbonyl (C=O) groups excluding carboxylic acids is 3. The summed E-state index contributed by atoms with van der Waals surface area (Å²) in [5.74, 6) is -0.798. The van der Waals surface area contributed by atoms with Gasteiger partial charge in [0.15, 0.2) is 0 Å². The molecular weight excluding hydrogens is 401 g/mol. The first-order chi connectivity index (χ1) is 14.3. The Hall–Kier alpha value is -3.43. The molecule has 0 unspecified atom stereocenters. The number of carbonyl (C=O) groups is 3. The standard InChI is InChI=1S/C20H19F3N4O3/c21-20(22,23)13-4-1-5-14(12-13)26-18-15(6-2-9-24-18)19(30)25-10-3-11-27-16(28)7-8-17(27)29/h1-2,4-6,9,12H,3,7-8,10-11H2,(H,24,26)(H,25,30). The number of halogens is 3. The topological polar surface area (TPSA) is 91.4 Å². The highest BCUT2D eigenvalue weighted by molar-refractivity contribution is 6.02. The number of benzene rings is 1. The molecule has 7 nitrogen and oxygen atoms in total. The lowest BCUT2D eigenvalue weighted by Gasteiger charge is -2.15. The molecule has 2 heterocycles. The molecule has 2 N–H and O–H groups in total. The van der Waals surface area contributed by atoms with E-state index in [0.29, 0.717) is 6.42 Å². The molecule has 2 aromatic rings. The summed E-state index contributed by atoms with van der Waals surface area (Å²) < 4.78 is 38.7. The van der Waals surface area contributed by atoms with Crippen LogP contribution in [0.4, 0.5) is 24.7 Å². The number of hydrogen-bond donors (Lipinski definition) is 2. The molecule has 0 spiro atoms. The fourth-order valence-electron chi connectivity index (χ4n) is 3.00. The summed E-state index contributed by atoms with van der Waals surface area (Å²) >= 11 is 0. The number of likely N-dealkylation sites (tertiary alicyclic amines) is 1. The van der Waals surface area contributed by atoms with E-state index in [0.717, 1.165) is 12.1 Å². The van der Waals surface area contributed by atoms with E-state index in [9.17, 15) is 27.6 Å². The van der Waals surface area contributed by atoms with Crippen LogP contribution in [0.25, 0.3) is 0 Å². The zero-order valence-electron chi connectivity index (χ0n) is 15.8. The molecule has 1 aliphatic heterocycles. The SMILES string of the molecule is O=C(NCCCN1C(=O)CCC1=O)c1cccnc1Nc1cccc(C(F)(F)F)c1. The number of imide groups is 1. The maximum absolute atomic E-state index is 12.9. The summed E-state index contributed by atoms with van der Waals surface area (Å²) in [5.41, 5.74) is -0.521. The predicted molar refractivity (Wildman–Crippen MR) is 102 cm³/mol. The Labute approximate surface area is 170 Å². The number of pyridine rings is 1. The molecule has 1 aromatic heterocycles. The number of aromatic nitrogens is 1. The van der Waals surface area contributed by atoms with Gasteiger partial charge in [0.05, 0.1) is 11.1 Å². The Bertz CT molecular complexity index is 946. The number of hydrogen-bond acceptors (Lipinski definition) is 5. The summed E-state index contributed by atoms with van der Waals surface area (Å²) in [5, 5.41) is 5.41. The summed E-state index contributed by atoms with van der Waals surface area (Å²) in [6, 6.07) is 7.61. The van der Waals surface area contributed by atoms with Gasteiger partial charge in [-0.2, -0.15) is 13.2 Å². The third-order valence-electron chi connectivity index (χ3n) is 4.50. The molecule has 0 aliphatic carbocycles. The minimum atomic E-state index is -4.49. The van der Waals surface area contributed by atoms with Crippen LogP contribution in [0.2, 0.25) is 0 Å². The Morgan fingerprint density at radius 1 is 1.10 bits per heavy atom. The molecule has 3 rings (SSSR count). The van der Waals surface area contributed by atoms with E-state index in [4.69, 9.17) is 0 Å². The van der Waals surface area contributed by atoms with E-state index >= 15 is 0 Å². The molecule has 0 atom stereocenters. The van der Waals surface area contributed by atoms with Crippen LogP contribution in [-0.4, -0.2) is 40.7 Å². The van der Waals surface area contributed by atoms with Gasteiger partial charge in [0, 0.05) is 37.8 Å². The molecule has 1 fully saturated rings. The highest BCUT2D eigenvalue weighted by atomic mass is 19.4. The monoisotopic (exact) mass is 420 g/mol. The second-order valence-electron chi connectivity index (χ2n) is 6.65. The third kappa shape index (κ3) is 5.13. The third-order valence-corrected chi connectivity index (χ3v) is 4.50. The highest BCUT2D eigenvalue weighted by Gasteiger charge is 2.30. The van der Waals surface area contributed by atoms with Crippen LogP contribution in [-0.2, 0) is 15.8 Å². The molecule has 10 heteroatoms. The minimum absolute atomic E-state index is 0.110. The number of nitrogens with one attached hydrogen (secondary N) is 2. The van der Waals surface area contributed by atoms with Crippen molar-refractivity contribution in [2.75, 3.05) is 18.4 Å². The molecule has 0 bridgehead atoms. The van der Waals surface area contributed by atoms with Crippen molar-refractivity contribution in [2.45, 2.75) is 25.4 Å². The first kappa shape index (κ1) is 21.3. The molecular formula is C20H19F3N4O3. The summed E-state index contributed by atoms with van der Waals surface area (Å²) in [7, 11) is 0. The first-order valence-corrected chi connectivity index (χ1v) is 9.26. The van der Waals surface area contributed by atoms with Crippen LogP contribution in [0.1, 0.15) is 35.2 Å². The summed E-state index contributed by atoms with van der Waals surface area (Å²) in [6.07, 6.45) is -2.26. The fourth-order valence-corrected chi connectivity index (χ4v) is 3.00. The Morgan fingerprint density at radius 2 is 1.83 bits per heavy atom. The lowest BCUT2D eigenvalue weighted by atomic mass is 10.2. The number of alkyl halides is 3. The number of amides is 3. The van der Waals surface area contributed by atoms with E-state index in [1.807, 2.05) is 0 Å². The van der Waals surface area contributed by atoms with E-state index in [-0.39, 0.29) is 54.8 Å². The van der Waals surface area contributed by atoms with Gasteiger partial charge >= 0.3 is 6.18 Å². The predicted octanol–water partition coefficient (Wildman–Crippen LogP) is 3.11. The fraction of sp³-hybridized carbons (Fsp3) is 0.300. The van der Waals surface area contributed by atoms with Gasteiger partial charge in [-0.1, -0.05) is 6.07 Å². The van der Waals surface area contributed by atoms with Crippen molar-refractivity contribution in [3.05, 3.63) is 53.7 Å². The van der Waals surface area contributed by atoms with Crippen LogP contribution in [0.15, 0.2) is 42.6 Å². The number of anilines is 2. The first-order valence-electron chi connectivity index (χ1n) is 9.26. The molecule has 1 aliphatic rings. The largest absolute Gasteiger partial charge is 0.416 e. The minimum Gasteiger partial charge on any atom is -0.352 e. The van der Waals surface area contributed by atoms with Crippen LogP contribution in [0.3, 0.4) is 0 Å². The molecule has 158 valence electrons. The molecule has 30 heavy (non-hydrogen) atoms. The van der Waals surface area contributed by atoms with Crippen molar-refractivity contribution in [1.82, 2.24) is 15.2 Å². The van der Waals surface area contributed by atoms with Gasteiger partial charge < -0.3 is 10.6 Å². The molecule has 1 saturated heterocycles. The van der Waals surface area contributed by atoms with Crippen molar-refractivity contribution >= 4 is 29.2 Å². The van der Waals surface area contributed by atoms with Crippen LogP contribution >= 0.6 is 0 Å². The van der Waals surface area contributed by atoms with E-state index in [1.54, 1.807) is 0 Å². The van der Waals surface area contributed by atoms with Crippen LogP contribution in [0.5, 0.6) is 0 Å². The Kier molecular flexibility index (Phi) is 6.34. The molecule has 0 saturated carbocycles. The molecule has 0 radical (unpaired) electrons. The van der Waals surface area contributed by atoms with Crippen LogP contribution < -0.4 is 10.6 Å². The van der Waals surface area contributed by atoms with Crippen LogP contribution in [0, 0.1) is 0 Å². The Morgan fingerprint density at radius 3 is 2.53 bits per heavy atom. The van der Waals surface area contributed by atoms with Gasteiger partial charge in [0.1, 0.15) is 5.82 Å². The Balaban J connectivity index is 1.61. The second kappa shape index (κ2) is 8.93. The molecule has 3 amide bonds. The van der Waals surface area contributed by atoms with E-state index < -0.39 is 17.6 Å². The van der Waals surface area contributed by atoms with Gasteiger partial charge in [-0.25, -0.2) is 4.98 Å². The molecule has 1 aromatic carbocycles. The van der Waals surface area contributed by atoms with Crippen molar-refractivity contribution in [1.29, 1.82) is 0 Å². The average Bonchev–Trinajstić information content (AvgIpc) is 3.03. The second-order valence-corrected chi connectivity index (χ2v) is 6.65. The lowest BCUT2D eigenvalue weighted by Crippen LogP contribution is -2.33. The average molecular weight is 420 g/mol. The van der Waals surface area contributed by atoms with Crippen molar-refractivity contribution in [3.63, 3.8) is 0 Å². The van der Waals surface area contributed by atoms with Gasteiger partial charge in [-0.05, 0) is 36.8 Å². The lowest BCUT2D eigenvalue weighted by molar-refractivity contribution is -0.139.